The Hall–Kier alpha value is -3.80. The monoisotopic (exact) mass is 429 g/mol. The summed E-state index contributed by atoms with van der Waals surface area (Å²) in [5.41, 5.74) is 5.98. The number of aromatic nitrogens is 2. The van der Waals surface area contributed by atoms with E-state index in [1.54, 1.807) is 12.1 Å². The number of ether oxygens (including phenoxy) is 1. The zero-order valence-electron chi connectivity index (χ0n) is 18.8. The molecule has 0 aliphatic heterocycles. The Labute approximate surface area is 187 Å². The fraction of sp³-hybridized carbons (Fsp3) is 0.231. The molecule has 0 bridgehead atoms. The molecule has 32 heavy (non-hydrogen) atoms. The van der Waals surface area contributed by atoms with Crippen molar-refractivity contribution in [3.63, 3.8) is 0 Å². The number of rotatable bonds is 7. The lowest BCUT2D eigenvalue weighted by Gasteiger charge is -2.10. The van der Waals surface area contributed by atoms with Crippen LogP contribution in [0.3, 0.4) is 0 Å². The number of nitrogens with one attached hydrogen (secondary N) is 1. The van der Waals surface area contributed by atoms with E-state index in [9.17, 15) is 4.79 Å². The molecule has 4 rings (SSSR count). The molecule has 2 aromatic carbocycles. The highest BCUT2D eigenvalue weighted by Crippen LogP contribution is 2.24. The van der Waals surface area contributed by atoms with Gasteiger partial charge in [-0.3, -0.25) is 9.48 Å². The second-order valence-corrected chi connectivity index (χ2v) is 8.01. The van der Waals surface area contributed by atoms with Crippen molar-refractivity contribution in [3.05, 3.63) is 100 Å². The third-order valence-corrected chi connectivity index (χ3v) is 5.27. The average molecular weight is 430 g/mol. The van der Waals surface area contributed by atoms with Crippen LogP contribution in [0.5, 0.6) is 5.75 Å². The highest BCUT2D eigenvalue weighted by Gasteiger charge is 2.13. The van der Waals surface area contributed by atoms with Gasteiger partial charge in [-0.25, -0.2) is 0 Å². The van der Waals surface area contributed by atoms with E-state index in [1.807, 2.05) is 80.9 Å². The van der Waals surface area contributed by atoms with E-state index < -0.39 is 0 Å². The Morgan fingerprint density at radius 3 is 2.47 bits per heavy atom. The third kappa shape index (κ3) is 4.91. The van der Waals surface area contributed by atoms with Crippen LogP contribution in [0.15, 0.2) is 65.1 Å². The summed E-state index contributed by atoms with van der Waals surface area (Å²) in [5.74, 6) is 1.38. The topological polar surface area (TPSA) is 69.3 Å². The number of amides is 1. The Bertz CT molecular complexity index is 1230. The number of hydrogen-bond acceptors (Lipinski definition) is 4. The molecular weight excluding hydrogens is 402 g/mol. The van der Waals surface area contributed by atoms with Crippen molar-refractivity contribution >= 4 is 11.6 Å². The van der Waals surface area contributed by atoms with Gasteiger partial charge in [-0.05, 0) is 74.7 Å². The smallest absolute Gasteiger partial charge is 0.291 e. The molecule has 164 valence electrons. The minimum absolute atomic E-state index is 0.244. The molecular formula is C26H27N3O3. The van der Waals surface area contributed by atoms with E-state index in [4.69, 9.17) is 9.15 Å². The lowest BCUT2D eigenvalue weighted by Crippen LogP contribution is -2.11. The van der Waals surface area contributed by atoms with Crippen LogP contribution in [0.2, 0.25) is 0 Å². The first-order valence-corrected chi connectivity index (χ1v) is 10.6. The van der Waals surface area contributed by atoms with Crippen LogP contribution in [0, 0.1) is 27.7 Å². The van der Waals surface area contributed by atoms with Crippen LogP contribution in [-0.2, 0) is 13.2 Å². The van der Waals surface area contributed by atoms with Gasteiger partial charge in [0.25, 0.3) is 5.91 Å². The molecule has 0 saturated heterocycles. The van der Waals surface area contributed by atoms with Gasteiger partial charge in [-0.1, -0.05) is 30.3 Å². The van der Waals surface area contributed by atoms with Crippen molar-refractivity contribution in [1.29, 1.82) is 0 Å². The Balaban J connectivity index is 1.39. The van der Waals surface area contributed by atoms with E-state index >= 15 is 0 Å². The quantitative estimate of drug-likeness (QED) is 0.416. The van der Waals surface area contributed by atoms with Crippen LogP contribution in [0.1, 0.15) is 44.4 Å². The first kappa shape index (κ1) is 21.4. The lowest BCUT2D eigenvalue weighted by atomic mass is 10.1. The second-order valence-electron chi connectivity index (χ2n) is 8.01. The molecule has 0 aliphatic carbocycles. The van der Waals surface area contributed by atoms with Gasteiger partial charge in [0.1, 0.15) is 18.1 Å². The van der Waals surface area contributed by atoms with Crippen molar-refractivity contribution in [2.75, 3.05) is 5.32 Å². The molecule has 2 aromatic heterocycles. The summed E-state index contributed by atoms with van der Waals surface area (Å²) in [6.07, 6.45) is 0. The minimum Gasteiger partial charge on any atom is -0.485 e. The number of carbonyl (C=O) groups is 1. The van der Waals surface area contributed by atoms with Crippen molar-refractivity contribution in [3.8, 4) is 5.75 Å². The first-order valence-electron chi connectivity index (χ1n) is 10.6. The van der Waals surface area contributed by atoms with E-state index in [-0.39, 0.29) is 18.3 Å². The standard InChI is InChI=1S/C26H27N3O3/c1-17-7-5-8-18(2)25(17)31-16-23-11-12-24(32-23)26(30)27-22-10-6-9-21(14-22)15-29-20(4)13-19(3)28-29/h5-14H,15-16H2,1-4H3,(H,27,30). The number of anilines is 1. The van der Waals surface area contributed by atoms with Gasteiger partial charge in [0.2, 0.25) is 0 Å². The summed E-state index contributed by atoms with van der Waals surface area (Å²) in [4.78, 5) is 12.7. The number of carbonyl (C=O) groups excluding carboxylic acids is 1. The van der Waals surface area contributed by atoms with Crippen molar-refractivity contribution < 1.29 is 13.9 Å². The van der Waals surface area contributed by atoms with Gasteiger partial charge in [0.15, 0.2) is 5.76 Å². The molecule has 0 atom stereocenters. The Morgan fingerprint density at radius 2 is 1.75 bits per heavy atom. The predicted molar refractivity (Wildman–Crippen MR) is 124 cm³/mol. The Morgan fingerprint density at radius 1 is 1.00 bits per heavy atom. The molecule has 0 saturated carbocycles. The van der Waals surface area contributed by atoms with Gasteiger partial charge >= 0.3 is 0 Å². The number of aryl methyl sites for hydroxylation is 4. The van der Waals surface area contributed by atoms with Crippen LogP contribution < -0.4 is 10.1 Å². The molecule has 2 heterocycles. The summed E-state index contributed by atoms with van der Waals surface area (Å²) in [6, 6.07) is 19.2. The maximum absolute atomic E-state index is 12.7. The number of nitrogens with zero attached hydrogens (tertiary/aromatic N) is 2. The largest absolute Gasteiger partial charge is 0.485 e. The highest BCUT2D eigenvalue weighted by atomic mass is 16.5. The molecule has 0 aliphatic rings. The van der Waals surface area contributed by atoms with Gasteiger partial charge in [0.05, 0.1) is 12.2 Å². The maximum atomic E-state index is 12.7. The fourth-order valence-corrected chi connectivity index (χ4v) is 3.70. The van der Waals surface area contributed by atoms with Crippen molar-refractivity contribution in [1.82, 2.24) is 9.78 Å². The molecule has 6 nitrogen and oxygen atoms in total. The summed E-state index contributed by atoms with van der Waals surface area (Å²) in [6.45, 7) is 8.93. The Kier molecular flexibility index (Phi) is 6.12. The molecule has 0 unspecified atom stereocenters. The lowest BCUT2D eigenvalue weighted by molar-refractivity contribution is 0.0992. The summed E-state index contributed by atoms with van der Waals surface area (Å²) >= 11 is 0. The fourth-order valence-electron chi connectivity index (χ4n) is 3.70. The molecule has 0 fully saturated rings. The SMILES string of the molecule is Cc1cc(C)n(Cc2cccc(NC(=O)c3ccc(COc4c(C)cccc4C)o3)c2)n1. The van der Waals surface area contributed by atoms with E-state index in [0.717, 1.165) is 33.8 Å². The summed E-state index contributed by atoms with van der Waals surface area (Å²) in [7, 11) is 0. The van der Waals surface area contributed by atoms with E-state index in [2.05, 4.69) is 10.4 Å². The van der Waals surface area contributed by atoms with Gasteiger partial charge in [-0.2, -0.15) is 5.10 Å². The molecule has 4 aromatic rings. The van der Waals surface area contributed by atoms with E-state index in [0.29, 0.717) is 18.0 Å². The predicted octanol–water partition coefficient (Wildman–Crippen LogP) is 5.59. The number of para-hydroxylation sites is 1. The zero-order chi connectivity index (χ0) is 22.7. The molecule has 0 spiro atoms. The third-order valence-electron chi connectivity index (χ3n) is 5.27. The minimum atomic E-state index is -0.299. The average Bonchev–Trinajstić information content (AvgIpc) is 3.34. The van der Waals surface area contributed by atoms with Crippen LogP contribution >= 0.6 is 0 Å². The second kappa shape index (κ2) is 9.14. The molecule has 0 radical (unpaired) electrons. The van der Waals surface area contributed by atoms with E-state index in [1.165, 1.54) is 0 Å². The highest BCUT2D eigenvalue weighted by molar-refractivity contribution is 6.02. The maximum Gasteiger partial charge on any atom is 0.291 e. The van der Waals surface area contributed by atoms with Crippen LogP contribution in [0.4, 0.5) is 5.69 Å². The first-order chi connectivity index (χ1) is 15.4. The number of hydrogen-bond donors (Lipinski definition) is 1. The molecule has 1 N–H and O–H groups in total. The van der Waals surface area contributed by atoms with Crippen molar-refractivity contribution in [2.45, 2.75) is 40.8 Å². The number of benzene rings is 2. The zero-order valence-corrected chi connectivity index (χ0v) is 18.8. The normalized spacial score (nSPS) is 10.9. The summed E-state index contributed by atoms with van der Waals surface area (Å²) in [5, 5.41) is 7.41. The van der Waals surface area contributed by atoms with Gasteiger partial charge in [0, 0.05) is 11.4 Å². The van der Waals surface area contributed by atoms with Crippen LogP contribution in [0.25, 0.3) is 0 Å². The number of furan rings is 1. The molecule has 1 amide bonds. The van der Waals surface area contributed by atoms with Gasteiger partial charge < -0.3 is 14.5 Å². The van der Waals surface area contributed by atoms with Crippen molar-refractivity contribution in [2.24, 2.45) is 0 Å². The summed E-state index contributed by atoms with van der Waals surface area (Å²) < 4.78 is 13.6. The molecule has 6 heteroatoms. The van der Waals surface area contributed by atoms with Gasteiger partial charge in [-0.15, -0.1) is 0 Å². The van der Waals surface area contributed by atoms with Crippen LogP contribution in [-0.4, -0.2) is 15.7 Å².